The summed E-state index contributed by atoms with van der Waals surface area (Å²) in [6, 6.07) is 4.15. The number of carboxylic acid groups (broad SMARTS) is 1. The fraction of sp³-hybridized carbons (Fsp3) is 0.417. The fourth-order valence-electron chi connectivity index (χ4n) is 1.58. The molecule has 1 aromatic rings. The topological polar surface area (TPSA) is 87.0 Å². The molecule has 0 spiro atoms. The normalized spacial score (nSPS) is 14.0. The molecule has 0 radical (unpaired) electrons. The van der Waals surface area contributed by atoms with Gasteiger partial charge in [-0.15, -0.1) is 0 Å². The average molecular weight is 319 g/mol. The van der Waals surface area contributed by atoms with E-state index in [-0.39, 0.29) is 11.1 Å². The van der Waals surface area contributed by atoms with Gasteiger partial charge in [0, 0.05) is 10.9 Å². The lowest BCUT2D eigenvalue weighted by Gasteiger charge is -2.20. The van der Waals surface area contributed by atoms with Gasteiger partial charge in [0.1, 0.15) is 11.9 Å². The molecule has 1 aromatic carbocycles. The van der Waals surface area contributed by atoms with Crippen molar-refractivity contribution < 1.29 is 24.9 Å². The van der Waals surface area contributed by atoms with Crippen LogP contribution in [0.2, 0.25) is 0 Å². The molecule has 0 aromatic heterocycles. The van der Waals surface area contributed by atoms with E-state index >= 15 is 0 Å². The highest BCUT2D eigenvalue weighted by atomic mass is 79.9. The molecular formula is C12H15BrO5. The minimum Gasteiger partial charge on any atom is -0.496 e. The zero-order chi connectivity index (χ0) is 13.7. The van der Waals surface area contributed by atoms with Gasteiger partial charge in [0.2, 0.25) is 0 Å². The van der Waals surface area contributed by atoms with E-state index < -0.39 is 18.2 Å². The summed E-state index contributed by atoms with van der Waals surface area (Å²) in [5.74, 6) is -0.748. The van der Waals surface area contributed by atoms with E-state index in [1.54, 1.807) is 0 Å². The molecule has 0 saturated heterocycles. The van der Waals surface area contributed by atoms with Crippen LogP contribution in [0.1, 0.15) is 28.4 Å². The second-order valence-electron chi connectivity index (χ2n) is 3.75. The Bertz CT molecular complexity index is 421. The molecule has 0 aliphatic carbocycles. The van der Waals surface area contributed by atoms with Crippen LogP contribution in [-0.2, 0) is 0 Å². The van der Waals surface area contributed by atoms with Crippen LogP contribution in [0.25, 0.3) is 0 Å². The van der Waals surface area contributed by atoms with Crippen LogP contribution in [0.4, 0.5) is 0 Å². The van der Waals surface area contributed by atoms with Gasteiger partial charge in [-0.25, -0.2) is 4.79 Å². The summed E-state index contributed by atoms with van der Waals surface area (Å²) in [4.78, 5) is 10.9. The smallest absolute Gasteiger partial charge is 0.335 e. The van der Waals surface area contributed by atoms with Gasteiger partial charge in [-0.3, -0.25) is 0 Å². The van der Waals surface area contributed by atoms with E-state index in [0.29, 0.717) is 17.5 Å². The van der Waals surface area contributed by atoms with E-state index in [9.17, 15) is 15.0 Å². The third-order valence-corrected chi connectivity index (χ3v) is 3.02. The molecular weight excluding hydrogens is 304 g/mol. The first kappa shape index (κ1) is 14.9. The lowest BCUT2D eigenvalue weighted by atomic mass is 9.99. The van der Waals surface area contributed by atoms with Gasteiger partial charge in [-0.1, -0.05) is 15.9 Å². The van der Waals surface area contributed by atoms with E-state index in [0.717, 1.165) is 0 Å². The molecule has 2 unspecified atom stereocenters. The number of aliphatic hydroxyl groups is 2. The van der Waals surface area contributed by atoms with Gasteiger partial charge >= 0.3 is 5.97 Å². The number of hydrogen-bond donors (Lipinski definition) is 3. The van der Waals surface area contributed by atoms with Crippen molar-refractivity contribution in [2.75, 3.05) is 12.4 Å². The Morgan fingerprint density at radius 2 is 2.11 bits per heavy atom. The third kappa shape index (κ3) is 3.44. The van der Waals surface area contributed by atoms with Crippen molar-refractivity contribution >= 4 is 21.9 Å². The summed E-state index contributed by atoms with van der Waals surface area (Å²) < 4.78 is 5.05. The van der Waals surface area contributed by atoms with Gasteiger partial charge < -0.3 is 20.1 Å². The number of aliphatic hydroxyl groups excluding tert-OH is 2. The minimum absolute atomic E-state index is 0.0379. The number of aromatic carboxylic acids is 1. The quantitative estimate of drug-likeness (QED) is 0.693. The highest BCUT2D eigenvalue weighted by Crippen LogP contribution is 2.29. The van der Waals surface area contributed by atoms with Crippen LogP contribution in [-0.4, -0.2) is 39.8 Å². The monoisotopic (exact) mass is 318 g/mol. The predicted molar refractivity (Wildman–Crippen MR) is 69.3 cm³/mol. The maximum Gasteiger partial charge on any atom is 0.335 e. The Hall–Kier alpha value is -1.11. The van der Waals surface area contributed by atoms with Gasteiger partial charge in [0.25, 0.3) is 0 Å². The summed E-state index contributed by atoms with van der Waals surface area (Å²) in [6.07, 6.45) is -1.82. The van der Waals surface area contributed by atoms with Crippen molar-refractivity contribution in [1.29, 1.82) is 0 Å². The van der Waals surface area contributed by atoms with Crippen molar-refractivity contribution in [2.24, 2.45) is 0 Å². The van der Waals surface area contributed by atoms with Crippen LogP contribution >= 0.6 is 15.9 Å². The lowest BCUT2D eigenvalue weighted by molar-refractivity contribution is 0.0159. The lowest BCUT2D eigenvalue weighted by Crippen LogP contribution is -2.19. The predicted octanol–water partition coefficient (Wildman–Crippen LogP) is 1.57. The number of hydrogen-bond acceptors (Lipinski definition) is 4. The van der Waals surface area contributed by atoms with Crippen LogP contribution in [0.15, 0.2) is 18.2 Å². The highest BCUT2D eigenvalue weighted by Gasteiger charge is 2.22. The molecule has 0 heterocycles. The highest BCUT2D eigenvalue weighted by molar-refractivity contribution is 9.09. The summed E-state index contributed by atoms with van der Waals surface area (Å²) in [5.41, 5.74) is 0.307. The zero-order valence-corrected chi connectivity index (χ0v) is 11.4. The molecule has 0 saturated carbocycles. The van der Waals surface area contributed by atoms with Crippen molar-refractivity contribution in [1.82, 2.24) is 0 Å². The summed E-state index contributed by atoms with van der Waals surface area (Å²) in [6.45, 7) is 0. The fourth-order valence-corrected chi connectivity index (χ4v) is 2.04. The van der Waals surface area contributed by atoms with Crippen molar-refractivity contribution in [2.45, 2.75) is 18.6 Å². The number of rotatable bonds is 6. The molecule has 0 bridgehead atoms. The largest absolute Gasteiger partial charge is 0.496 e. The van der Waals surface area contributed by atoms with Crippen LogP contribution in [0, 0.1) is 0 Å². The minimum atomic E-state index is -1.18. The maximum absolute atomic E-state index is 10.9. The number of methoxy groups -OCH3 is 1. The van der Waals surface area contributed by atoms with Gasteiger partial charge in [0.05, 0.1) is 18.8 Å². The molecule has 0 amide bonds. The number of ether oxygens (including phenoxy) is 1. The number of alkyl halides is 1. The van der Waals surface area contributed by atoms with E-state index in [1.165, 1.54) is 25.3 Å². The first-order valence-electron chi connectivity index (χ1n) is 5.34. The Morgan fingerprint density at radius 1 is 1.44 bits per heavy atom. The van der Waals surface area contributed by atoms with Crippen LogP contribution in [0.3, 0.4) is 0 Å². The van der Waals surface area contributed by atoms with Crippen LogP contribution < -0.4 is 4.74 Å². The number of carboxylic acids is 1. The zero-order valence-electron chi connectivity index (χ0n) is 9.84. The standard InChI is InChI=1S/C12H15BrO5/c1-18-10-3-2-7(12(16)17)6-8(10)11(15)9(14)4-5-13/h2-3,6,9,11,14-15H,4-5H2,1H3,(H,16,17). The first-order chi connectivity index (χ1) is 8.51. The molecule has 1 rings (SSSR count). The third-order valence-electron chi connectivity index (χ3n) is 2.56. The molecule has 100 valence electrons. The molecule has 0 fully saturated rings. The second kappa shape index (κ2) is 6.72. The van der Waals surface area contributed by atoms with Gasteiger partial charge in [-0.05, 0) is 24.6 Å². The second-order valence-corrected chi connectivity index (χ2v) is 4.54. The summed E-state index contributed by atoms with van der Waals surface area (Å²) in [7, 11) is 1.42. The average Bonchev–Trinajstić information content (AvgIpc) is 2.37. The Balaban J connectivity index is 3.10. The molecule has 18 heavy (non-hydrogen) atoms. The maximum atomic E-state index is 10.9. The van der Waals surface area contributed by atoms with Crippen LogP contribution in [0.5, 0.6) is 5.75 Å². The molecule has 0 aliphatic rings. The van der Waals surface area contributed by atoms with Crippen molar-refractivity contribution in [3.63, 3.8) is 0 Å². The van der Waals surface area contributed by atoms with E-state index in [2.05, 4.69) is 15.9 Å². The van der Waals surface area contributed by atoms with Gasteiger partial charge in [-0.2, -0.15) is 0 Å². The number of carbonyl (C=O) groups is 1. The molecule has 0 aliphatic heterocycles. The molecule has 5 nitrogen and oxygen atoms in total. The SMILES string of the molecule is COc1ccc(C(=O)O)cc1C(O)C(O)CCBr. The van der Waals surface area contributed by atoms with E-state index in [4.69, 9.17) is 9.84 Å². The van der Waals surface area contributed by atoms with E-state index in [1.807, 2.05) is 0 Å². The van der Waals surface area contributed by atoms with Crippen molar-refractivity contribution in [3.8, 4) is 5.75 Å². The number of halogens is 1. The van der Waals surface area contributed by atoms with Gasteiger partial charge in [0.15, 0.2) is 0 Å². The Kier molecular flexibility index (Phi) is 5.58. The first-order valence-corrected chi connectivity index (χ1v) is 6.46. The van der Waals surface area contributed by atoms with Crippen molar-refractivity contribution in [3.05, 3.63) is 29.3 Å². The Labute approximate surface area is 113 Å². The molecule has 6 heteroatoms. The summed E-state index contributed by atoms with van der Waals surface area (Å²) >= 11 is 3.17. The number of benzene rings is 1. The summed E-state index contributed by atoms with van der Waals surface area (Å²) in [5, 5.41) is 29.2. The molecule has 2 atom stereocenters. The Morgan fingerprint density at radius 3 is 2.61 bits per heavy atom. The molecule has 3 N–H and O–H groups in total.